The molecular weight excluding hydrogens is 631 g/mol. The molecule has 52 heavy (non-hydrogen) atoms. The monoisotopic (exact) mass is 661 g/mol. The molecule has 242 valence electrons. The average Bonchev–Trinajstić information content (AvgIpc) is 3.23. The third-order valence-electron chi connectivity index (χ3n) is 10.2. The van der Waals surface area contributed by atoms with Gasteiger partial charge < -0.3 is 0 Å². The van der Waals surface area contributed by atoms with Gasteiger partial charge in [-0.25, -0.2) is 4.98 Å². The second-order valence-corrected chi connectivity index (χ2v) is 13.2. The standard InChI is InChI=1S/C49H31N3/c1-2-11-41(42-26-24-38-23-22-36-8-7-9-37-25-27-43(42)49(38)48(36)37)40(10-1)35-20-18-33(19-21-35)32-14-16-34(17-15-32)39-30-46(44-12-3-5-28-50-44)52-47(31-39)45-13-4-6-29-51-45/h1-31H. The Bertz CT molecular complexity index is 2790. The molecule has 3 nitrogen and oxygen atoms in total. The van der Waals surface area contributed by atoms with E-state index in [1.54, 1.807) is 12.4 Å². The van der Waals surface area contributed by atoms with E-state index in [1.165, 1.54) is 65.7 Å². The van der Waals surface area contributed by atoms with Gasteiger partial charge >= 0.3 is 0 Å². The van der Waals surface area contributed by atoms with Gasteiger partial charge in [-0.05, 0) is 113 Å². The summed E-state index contributed by atoms with van der Waals surface area (Å²) in [6, 6.07) is 62.7. The summed E-state index contributed by atoms with van der Waals surface area (Å²) < 4.78 is 0. The van der Waals surface area contributed by atoms with E-state index in [2.05, 4.69) is 149 Å². The molecule has 7 aromatic carbocycles. The lowest BCUT2D eigenvalue weighted by Gasteiger charge is -2.16. The molecule has 0 aliphatic heterocycles. The Morgan fingerprint density at radius 2 is 0.788 bits per heavy atom. The molecule has 0 aliphatic carbocycles. The maximum absolute atomic E-state index is 4.93. The van der Waals surface area contributed by atoms with Crippen LogP contribution in [-0.2, 0) is 0 Å². The molecule has 10 rings (SSSR count). The second-order valence-electron chi connectivity index (χ2n) is 13.2. The Morgan fingerprint density at radius 3 is 1.38 bits per heavy atom. The van der Waals surface area contributed by atoms with Crippen LogP contribution in [0.3, 0.4) is 0 Å². The zero-order chi connectivity index (χ0) is 34.4. The summed E-state index contributed by atoms with van der Waals surface area (Å²) in [6.45, 7) is 0. The van der Waals surface area contributed by atoms with Crippen LogP contribution in [0.4, 0.5) is 0 Å². The molecule has 0 fully saturated rings. The van der Waals surface area contributed by atoms with Gasteiger partial charge in [0.25, 0.3) is 0 Å². The number of hydrogen-bond acceptors (Lipinski definition) is 3. The summed E-state index contributed by atoms with van der Waals surface area (Å²) in [4.78, 5) is 14.1. The van der Waals surface area contributed by atoms with Crippen molar-refractivity contribution in [1.82, 2.24) is 15.0 Å². The number of benzene rings is 7. The normalized spacial score (nSPS) is 11.5. The molecule has 3 heterocycles. The minimum absolute atomic E-state index is 0.820. The number of aromatic nitrogens is 3. The van der Waals surface area contributed by atoms with E-state index in [-0.39, 0.29) is 0 Å². The van der Waals surface area contributed by atoms with E-state index in [0.717, 1.165) is 33.9 Å². The van der Waals surface area contributed by atoms with Gasteiger partial charge in [-0.2, -0.15) is 0 Å². The molecule has 0 N–H and O–H groups in total. The molecule has 0 unspecified atom stereocenters. The van der Waals surface area contributed by atoms with Crippen LogP contribution in [0.5, 0.6) is 0 Å². The summed E-state index contributed by atoms with van der Waals surface area (Å²) in [6.07, 6.45) is 3.60. The van der Waals surface area contributed by atoms with Crippen molar-refractivity contribution in [3.63, 3.8) is 0 Å². The Labute approximate surface area is 301 Å². The van der Waals surface area contributed by atoms with Crippen molar-refractivity contribution >= 4 is 32.3 Å². The van der Waals surface area contributed by atoms with Crippen LogP contribution in [0.15, 0.2) is 188 Å². The fraction of sp³-hybridized carbons (Fsp3) is 0. The van der Waals surface area contributed by atoms with Crippen molar-refractivity contribution in [1.29, 1.82) is 0 Å². The fourth-order valence-corrected chi connectivity index (χ4v) is 7.63. The largest absolute Gasteiger partial charge is 0.255 e. The van der Waals surface area contributed by atoms with Gasteiger partial charge in [-0.15, -0.1) is 0 Å². The van der Waals surface area contributed by atoms with E-state index in [4.69, 9.17) is 4.98 Å². The average molecular weight is 662 g/mol. The van der Waals surface area contributed by atoms with Gasteiger partial charge in [0.05, 0.1) is 22.8 Å². The van der Waals surface area contributed by atoms with Gasteiger partial charge in [0, 0.05) is 12.4 Å². The zero-order valence-corrected chi connectivity index (χ0v) is 28.2. The number of pyridine rings is 3. The fourth-order valence-electron chi connectivity index (χ4n) is 7.63. The SMILES string of the molecule is c1ccc(-c2cc(-c3ccc(-c4ccc(-c5ccccc5-c5ccc6ccc7cccc8ccc5c6c78)cc4)cc3)cc(-c3ccccn3)n2)nc1. The quantitative estimate of drug-likeness (QED) is 0.166. The molecule has 0 bridgehead atoms. The van der Waals surface area contributed by atoms with Crippen LogP contribution in [-0.4, -0.2) is 15.0 Å². The number of rotatable bonds is 6. The third-order valence-corrected chi connectivity index (χ3v) is 10.2. The summed E-state index contributed by atoms with van der Waals surface area (Å²) in [7, 11) is 0. The lowest BCUT2D eigenvalue weighted by Crippen LogP contribution is -1.94. The molecule has 0 saturated heterocycles. The molecule has 10 aromatic rings. The Balaban J connectivity index is 0.990. The summed E-state index contributed by atoms with van der Waals surface area (Å²) in [5.74, 6) is 0. The molecule has 3 aromatic heterocycles. The lowest BCUT2D eigenvalue weighted by atomic mass is 9.87. The maximum atomic E-state index is 4.93. The highest BCUT2D eigenvalue weighted by molar-refractivity contribution is 6.25. The summed E-state index contributed by atoms with van der Waals surface area (Å²) >= 11 is 0. The first-order valence-electron chi connectivity index (χ1n) is 17.6. The van der Waals surface area contributed by atoms with Crippen LogP contribution in [0.1, 0.15) is 0 Å². The predicted molar refractivity (Wildman–Crippen MR) is 216 cm³/mol. The van der Waals surface area contributed by atoms with Gasteiger partial charge in [0.2, 0.25) is 0 Å². The molecule has 0 saturated carbocycles. The van der Waals surface area contributed by atoms with Gasteiger partial charge in [0.15, 0.2) is 0 Å². The Morgan fingerprint density at radius 1 is 0.288 bits per heavy atom. The van der Waals surface area contributed by atoms with E-state index < -0.39 is 0 Å². The maximum Gasteiger partial charge on any atom is 0.0900 e. The molecule has 0 spiro atoms. The smallest absolute Gasteiger partial charge is 0.0900 e. The van der Waals surface area contributed by atoms with Crippen molar-refractivity contribution < 1.29 is 0 Å². The molecular formula is C49H31N3. The highest BCUT2D eigenvalue weighted by Gasteiger charge is 2.15. The van der Waals surface area contributed by atoms with E-state index in [9.17, 15) is 0 Å². The first kappa shape index (κ1) is 29.9. The number of nitrogens with zero attached hydrogens (tertiary/aromatic N) is 3. The van der Waals surface area contributed by atoms with Crippen LogP contribution >= 0.6 is 0 Å². The van der Waals surface area contributed by atoms with Crippen molar-refractivity contribution in [3.8, 4) is 67.3 Å². The van der Waals surface area contributed by atoms with Crippen LogP contribution in [0.25, 0.3) is 99.6 Å². The minimum Gasteiger partial charge on any atom is -0.255 e. The van der Waals surface area contributed by atoms with Gasteiger partial charge in [0.1, 0.15) is 0 Å². The van der Waals surface area contributed by atoms with E-state index in [1.807, 2.05) is 36.4 Å². The minimum atomic E-state index is 0.820. The first-order valence-corrected chi connectivity index (χ1v) is 17.6. The first-order chi connectivity index (χ1) is 25.8. The molecule has 0 radical (unpaired) electrons. The van der Waals surface area contributed by atoms with Gasteiger partial charge in [-0.1, -0.05) is 140 Å². The topological polar surface area (TPSA) is 38.7 Å². The van der Waals surface area contributed by atoms with Crippen molar-refractivity contribution in [2.45, 2.75) is 0 Å². The molecule has 0 aliphatic rings. The number of hydrogen-bond donors (Lipinski definition) is 0. The summed E-state index contributed by atoms with van der Waals surface area (Å²) in [5.41, 5.74) is 12.8. The summed E-state index contributed by atoms with van der Waals surface area (Å²) in [5, 5.41) is 7.83. The Hall–Kier alpha value is -6.97. The Kier molecular flexibility index (Phi) is 7.14. The van der Waals surface area contributed by atoms with E-state index >= 15 is 0 Å². The predicted octanol–water partition coefficient (Wildman–Crippen LogP) is 12.8. The molecule has 0 atom stereocenters. The zero-order valence-electron chi connectivity index (χ0n) is 28.2. The highest BCUT2D eigenvalue weighted by Crippen LogP contribution is 2.42. The van der Waals surface area contributed by atoms with Crippen molar-refractivity contribution in [2.75, 3.05) is 0 Å². The van der Waals surface area contributed by atoms with Crippen LogP contribution in [0.2, 0.25) is 0 Å². The highest BCUT2D eigenvalue weighted by atomic mass is 14.8. The lowest BCUT2D eigenvalue weighted by molar-refractivity contribution is 1.22. The second kappa shape index (κ2) is 12.4. The van der Waals surface area contributed by atoms with Crippen LogP contribution < -0.4 is 0 Å². The van der Waals surface area contributed by atoms with Gasteiger partial charge in [-0.3, -0.25) is 9.97 Å². The van der Waals surface area contributed by atoms with Crippen molar-refractivity contribution in [2.24, 2.45) is 0 Å². The third kappa shape index (κ3) is 5.19. The molecule has 0 amide bonds. The van der Waals surface area contributed by atoms with E-state index in [0.29, 0.717) is 0 Å². The van der Waals surface area contributed by atoms with Crippen LogP contribution in [0, 0.1) is 0 Å². The van der Waals surface area contributed by atoms with Crippen molar-refractivity contribution in [3.05, 3.63) is 188 Å². The molecule has 3 heteroatoms.